The molecule has 0 aliphatic heterocycles. The summed E-state index contributed by atoms with van der Waals surface area (Å²) in [5, 5.41) is 3.15. The number of ether oxygens (including phenoxy) is 1. The van der Waals surface area contributed by atoms with Crippen molar-refractivity contribution in [2.45, 2.75) is 46.0 Å². The number of pyridine rings is 1. The van der Waals surface area contributed by atoms with Crippen LogP contribution in [0.4, 0.5) is 17.6 Å². The minimum atomic E-state index is -4.52. The van der Waals surface area contributed by atoms with Crippen LogP contribution in [0.25, 0.3) is 0 Å². The van der Waals surface area contributed by atoms with E-state index in [1.54, 1.807) is 6.92 Å². The summed E-state index contributed by atoms with van der Waals surface area (Å²) in [4.78, 5) is 21.3. The molecule has 29 heavy (non-hydrogen) atoms. The largest absolute Gasteiger partial charge is 0.466 e. The number of aromatic nitrogens is 3. The molecule has 0 aromatic carbocycles. The zero-order valence-electron chi connectivity index (χ0n) is 16.5. The van der Waals surface area contributed by atoms with Gasteiger partial charge in [0.1, 0.15) is 5.69 Å². The summed E-state index contributed by atoms with van der Waals surface area (Å²) in [6, 6.07) is 1.15. The molecule has 0 saturated carbocycles. The van der Waals surface area contributed by atoms with E-state index in [2.05, 4.69) is 25.0 Å². The van der Waals surface area contributed by atoms with Crippen LogP contribution in [0.3, 0.4) is 0 Å². The molecule has 2 rings (SSSR count). The second-order valence-electron chi connectivity index (χ2n) is 6.98. The Morgan fingerprint density at radius 2 is 1.90 bits per heavy atom. The van der Waals surface area contributed by atoms with Crippen LogP contribution in [-0.4, -0.2) is 39.2 Å². The number of carbonyl (C=O) groups is 1. The van der Waals surface area contributed by atoms with E-state index in [0.717, 1.165) is 6.07 Å². The number of carbonyl (C=O) groups excluding carboxylic acids is 1. The molecule has 0 aliphatic rings. The maximum atomic E-state index is 13.6. The van der Waals surface area contributed by atoms with Crippen LogP contribution in [0, 0.1) is 12.7 Å². The molecule has 0 fully saturated rings. The Hall–Kier alpha value is -2.82. The van der Waals surface area contributed by atoms with Crippen LogP contribution in [0.15, 0.2) is 24.7 Å². The van der Waals surface area contributed by atoms with E-state index in [0.29, 0.717) is 17.8 Å². The second kappa shape index (κ2) is 10.1. The molecule has 0 unspecified atom stereocenters. The highest BCUT2D eigenvalue weighted by Crippen LogP contribution is 2.22. The number of rotatable bonds is 5. The topological polar surface area (TPSA) is 103 Å². The Balaban J connectivity index is 0.000000387. The van der Waals surface area contributed by atoms with Gasteiger partial charge in [0.05, 0.1) is 6.20 Å². The number of aryl methyl sites for hydroxylation is 1. The van der Waals surface area contributed by atoms with Gasteiger partial charge in [0.2, 0.25) is 0 Å². The Labute approximate surface area is 165 Å². The van der Waals surface area contributed by atoms with Crippen molar-refractivity contribution >= 4 is 5.91 Å². The fraction of sp³-hybridized carbons (Fsp3) is 0.444. The van der Waals surface area contributed by atoms with Crippen molar-refractivity contribution in [3.8, 4) is 5.88 Å². The molecule has 2 heterocycles. The minimum absolute atomic E-state index is 0.158. The lowest BCUT2D eigenvalue weighted by Gasteiger charge is -2.21. The molecule has 0 atom stereocenters. The van der Waals surface area contributed by atoms with Gasteiger partial charge in [-0.25, -0.2) is 14.4 Å². The van der Waals surface area contributed by atoms with E-state index in [1.165, 1.54) is 18.6 Å². The summed E-state index contributed by atoms with van der Waals surface area (Å²) in [5.41, 5.74) is 5.92. The maximum Gasteiger partial charge on any atom is 0.422 e. The van der Waals surface area contributed by atoms with Crippen molar-refractivity contribution in [2.75, 3.05) is 6.61 Å². The summed E-state index contributed by atoms with van der Waals surface area (Å²) in [6.45, 7) is 6.26. The number of hydrogen-bond donors (Lipinski definition) is 2. The highest BCUT2D eigenvalue weighted by atomic mass is 19.4. The van der Waals surface area contributed by atoms with Gasteiger partial charge in [-0.15, -0.1) is 0 Å². The first-order chi connectivity index (χ1) is 13.3. The van der Waals surface area contributed by atoms with Crippen LogP contribution in [-0.2, 0) is 6.54 Å². The average Bonchev–Trinajstić information content (AvgIpc) is 2.60. The number of halogens is 4. The van der Waals surface area contributed by atoms with Gasteiger partial charge in [-0.2, -0.15) is 13.2 Å². The Kier molecular flexibility index (Phi) is 8.43. The van der Waals surface area contributed by atoms with E-state index in [-0.39, 0.29) is 11.2 Å². The van der Waals surface area contributed by atoms with Gasteiger partial charge in [-0.1, -0.05) is 0 Å². The van der Waals surface area contributed by atoms with E-state index >= 15 is 0 Å². The number of nitrogens with one attached hydrogen (secondary N) is 1. The summed E-state index contributed by atoms with van der Waals surface area (Å²) in [7, 11) is 0. The number of amides is 1. The molecule has 1 amide bonds. The first kappa shape index (κ1) is 24.2. The number of hydrogen-bond acceptors (Lipinski definition) is 6. The Morgan fingerprint density at radius 3 is 2.34 bits per heavy atom. The molecule has 0 bridgehead atoms. The highest BCUT2D eigenvalue weighted by molar-refractivity contribution is 5.90. The summed E-state index contributed by atoms with van der Waals surface area (Å²) < 4.78 is 54.1. The summed E-state index contributed by atoms with van der Waals surface area (Å²) in [5.74, 6) is -2.08. The molecule has 0 spiro atoms. The van der Waals surface area contributed by atoms with Crippen molar-refractivity contribution < 1.29 is 27.1 Å². The van der Waals surface area contributed by atoms with Gasteiger partial charge in [-0.05, 0) is 39.3 Å². The predicted octanol–water partition coefficient (Wildman–Crippen LogP) is 2.93. The predicted molar refractivity (Wildman–Crippen MR) is 97.6 cm³/mol. The zero-order valence-corrected chi connectivity index (χ0v) is 16.5. The number of alkyl halides is 3. The molecular weight excluding hydrogens is 394 g/mol. The average molecular weight is 417 g/mol. The van der Waals surface area contributed by atoms with Crippen LogP contribution in [0.1, 0.15) is 42.5 Å². The Morgan fingerprint density at radius 1 is 1.24 bits per heavy atom. The molecular formula is C18H23F4N5O2. The van der Waals surface area contributed by atoms with Crippen LogP contribution >= 0.6 is 0 Å². The molecule has 7 nitrogen and oxygen atoms in total. The lowest BCUT2D eigenvalue weighted by molar-refractivity contribution is -0.154. The quantitative estimate of drug-likeness (QED) is 0.725. The third-order valence-electron chi connectivity index (χ3n) is 3.24. The van der Waals surface area contributed by atoms with Gasteiger partial charge in [0.15, 0.2) is 12.4 Å². The van der Waals surface area contributed by atoms with E-state index in [4.69, 9.17) is 5.73 Å². The number of primary amides is 1. The lowest BCUT2D eigenvalue weighted by Crippen LogP contribution is -2.35. The van der Waals surface area contributed by atoms with Gasteiger partial charge in [-0.3, -0.25) is 9.78 Å². The van der Waals surface area contributed by atoms with Gasteiger partial charge in [0, 0.05) is 30.2 Å². The van der Waals surface area contributed by atoms with Crippen molar-refractivity contribution in [1.29, 1.82) is 0 Å². The van der Waals surface area contributed by atoms with Crippen LogP contribution < -0.4 is 15.8 Å². The fourth-order valence-corrected chi connectivity index (χ4v) is 1.81. The third-order valence-corrected chi connectivity index (χ3v) is 3.24. The molecule has 3 N–H and O–H groups in total. The molecule has 2 aromatic rings. The fourth-order valence-electron chi connectivity index (χ4n) is 1.81. The number of nitrogens with two attached hydrogens (primary N) is 1. The number of nitrogens with zero attached hydrogens (tertiary/aromatic N) is 3. The first-order valence-electron chi connectivity index (χ1n) is 8.45. The monoisotopic (exact) mass is 417 g/mol. The highest BCUT2D eigenvalue weighted by Gasteiger charge is 2.29. The molecule has 0 aliphatic carbocycles. The molecule has 160 valence electrons. The Bertz CT molecular complexity index is 765. The van der Waals surface area contributed by atoms with Crippen LogP contribution in [0.2, 0.25) is 0 Å². The van der Waals surface area contributed by atoms with Gasteiger partial charge < -0.3 is 15.8 Å². The normalized spacial score (nSPS) is 11.4. The van der Waals surface area contributed by atoms with Gasteiger partial charge >= 0.3 is 6.18 Å². The maximum absolute atomic E-state index is 13.6. The third kappa shape index (κ3) is 9.79. The van der Waals surface area contributed by atoms with Crippen molar-refractivity contribution in [3.63, 3.8) is 0 Å². The van der Waals surface area contributed by atoms with E-state index in [1.807, 2.05) is 20.8 Å². The first-order valence-corrected chi connectivity index (χ1v) is 8.45. The van der Waals surface area contributed by atoms with Crippen molar-refractivity contribution in [3.05, 3.63) is 47.4 Å². The zero-order chi connectivity index (χ0) is 22.2. The summed E-state index contributed by atoms with van der Waals surface area (Å²) >= 11 is 0. The van der Waals surface area contributed by atoms with Gasteiger partial charge in [0.25, 0.3) is 11.8 Å². The molecule has 0 radical (unpaired) electrons. The van der Waals surface area contributed by atoms with E-state index < -0.39 is 30.4 Å². The van der Waals surface area contributed by atoms with Crippen molar-refractivity contribution in [1.82, 2.24) is 20.3 Å². The lowest BCUT2D eigenvalue weighted by atomic mass is 10.1. The molecule has 2 aromatic heterocycles. The minimum Gasteiger partial charge on any atom is -0.466 e. The molecule has 11 heteroatoms. The van der Waals surface area contributed by atoms with E-state index in [9.17, 15) is 22.4 Å². The molecule has 0 saturated heterocycles. The SMILES string of the molecule is Cc1nc(OCC(F)(F)F)c(F)cc1CNC(C)(C)C.NC(=O)c1cnccn1. The standard InChI is InChI=1S/C13H18F4N2O.C5H5N3O/c1-8-9(6-18-12(2,3)4)5-10(14)11(19-8)20-7-13(15,16)17;6-5(9)4-3-7-1-2-8-4/h5,18H,6-7H2,1-4H3;1-3H,(H2,6,9). The second-order valence-corrected chi connectivity index (χ2v) is 6.98. The van der Waals surface area contributed by atoms with Crippen molar-refractivity contribution in [2.24, 2.45) is 5.73 Å². The smallest absolute Gasteiger partial charge is 0.422 e. The summed E-state index contributed by atoms with van der Waals surface area (Å²) in [6.07, 6.45) is -0.302. The van der Waals surface area contributed by atoms with Crippen LogP contribution in [0.5, 0.6) is 5.88 Å².